The van der Waals surface area contributed by atoms with Crippen LogP contribution in [0.15, 0.2) is 24.3 Å². The van der Waals surface area contributed by atoms with Gasteiger partial charge in [0.05, 0.1) is 5.56 Å². The molecule has 5 nitrogen and oxygen atoms in total. The highest BCUT2D eigenvalue weighted by molar-refractivity contribution is 5.84. The van der Waals surface area contributed by atoms with Gasteiger partial charge in [-0.25, -0.2) is 0 Å². The van der Waals surface area contributed by atoms with Gasteiger partial charge < -0.3 is 14.7 Å². The van der Waals surface area contributed by atoms with Crippen molar-refractivity contribution in [2.24, 2.45) is 0 Å². The molecule has 1 amide bonds. The monoisotopic (exact) mass is 319 g/mol. The van der Waals surface area contributed by atoms with Crippen molar-refractivity contribution in [3.8, 4) is 0 Å². The Kier molecular flexibility index (Phi) is 5.92. The molecule has 0 aromatic heterocycles. The molecule has 1 rings (SSSR count). The number of carboxylic acids is 1. The molecule has 0 fully saturated rings. The largest absolute Gasteiger partial charge is 0.480 e. The maximum atomic E-state index is 12.5. The van der Waals surface area contributed by atoms with Crippen LogP contribution in [-0.2, 0) is 27.0 Å². The van der Waals surface area contributed by atoms with Gasteiger partial charge in [0.15, 0.2) is 0 Å². The predicted octanol–water partition coefficient (Wildman–Crippen LogP) is 2.15. The summed E-state index contributed by atoms with van der Waals surface area (Å²) < 4.78 is 42.3. The molecular formula is C14H16F3NO4. The Balaban J connectivity index is 2.90. The van der Waals surface area contributed by atoms with Crippen LogP contribution in [0.25, 0.3) is 0 Å². The Morgan fingerprint density at radius 1 is 1.27 bits per heavy atom. The van der Waals surface area contributed by atoms with Crippen molar-refractivity contribution in [3.05, 3.63) is 35.4 Å². The zero-order valence-electron chi connectivity index (χ0n) is 12.1. The maximum Gasteiger partial charge on any atom is 0.416 e. The molecule has 1 aromatic carbocycles. The number of carbonyl (C=O) groups excluding carboxylic acids is 1. The Hall–Kier alpha value is -2.09. The fourth-order valence-corrected chi connectivity index (χ4v) is 1.75. The lowest BCUT2D eigenvalue weighted by Gasteiger charge is -2.23. The number of aliphatic carboxylic acids is 1. The number of ether oxygens (including phenoxy) is 1. The van der Waals surface area contributed by atoms with Crippen LogP contribution in [0.3, 0.4) is 0 Å². The molecule has 0 radical (unpaired) electrons. The molecule has 0 aliphatic rings. The molecule has 122 valence electrons. The van der Waals surface area contributed by atoms with E-state index >= 15 is 0 Å². The smallest absolute Gasteiger partial charge is 0.416 e. The molecule has 1 N–H and O–H groups in total. The van der Waals surface area contributed by atoms with Crippen molar-refractivity contribution in [2.45, 2.75) is 25.7 Å². The van der Waals surface area contributed by atoms with E-state index in [-0.39, 0.29) is 6.54 Å². The fourth-order valence-electron chi connectivity index (χ4n) is 1.75. The molecule has 0 aliphatic heterocycles. The van der Waals surface area contributed by atoms with Crippen molar-refractivity contribution in [1.29, 1.82) is 0 Å². The lowest BCUT2D eigenvalue weighted by molar-refractivity contribution is -0.149. The first-order valence-corrected chi connectivity index (χ1v) is 6.34. The Morgan fingerprint density at radius 2 is 1.82 bits per heavy atom. The fraction of sp³-hybridized carbons (Fsp3) is 0.429. The average Bonchev–Trinajstić information content (AvgIpc) is 2.44. The van der Waals surface area contributed by atoms with Gasteiger partial charge in [-0.2, -0.15) is 13.2 Å². The Morgan fingerprint density at radius 3 is 2.23 bits per heavy atom. The summed E-state index contributed by atoms with van der Waals surface area (Å²) in [5.41, 5.74) is -0.413. The molecular weight excluding hydrogens is 303 g/mol. The summed E-state index contributed by atoms with van der Waals surface area (Å²) in [6.45, 7) is 0.786. The second-order valence-corrected chi connectivity index (χ2v) is 4.66. The van der Waals surface area contributed by atoms with Gasteiger partial charge in [-0.3, -0.25) is 9.59 Å². The molecule has 22 heavy (non-hydrogen) atoms. The third-order valence-corrected chi connectivity index (χ3v) is 2.99. The number of benzene rings is 1. The van der Waals surface area contributed by atoms with Gasteiger partial charge in [-0.15, -0.1) is 0 Å². The van der Waals surface area contributed by atoms with E-state index in [2.05, 4.69) is 0 Å². The highest BCUT2D eigenvalue weighted by atomic mass is 19.4. The maximum absolute atomic E-state index is 12.5. The summed E-state index contributed by atoms with van der Waals surface area (Å²) in [4.78, 5) is 23.8. The molecule has 0 saturated carbocycles. The third-order valence-electron chi connectivity index (χ3n) is 2.99. The number of carbonyl (C=O) groups is 2. The predicted molar refractivity (Wildman–Crippen MR) is 71.0 cm³/mol. The van der Waals surface area contributed by atoms with Crippen LogP contribution in [0, 0.1) is 0 Å². The summed E-state index contributed by atoms with van der Waals surface area (Å²) >= 11 is 0. The molecule has 1 atom stereocenters. The second kappa shape index (κ2) is 7.26. The topological polar surface area (TPSA) is 66.8 Å². The van der Waals surface area contributed by atoms with E-state index in [1.54, 1.807) is 0 Å². The summed E-state index contributed by atoms with van der Waals surface area (Å²) in [6.07, 6.45) is -5.28. The average molecular weight is 319 g/mol. The summed E-state index contributed by atoms with van der Waals surface area (Å²) in [5.74, 6) is -1.77. The van der Waals surface area contributed by atoms with E-state index in [9.17, 15) is 22.8 Å². The van der Waals surface area contributed by atoms with E-state index in [0.29, 0.717) is 5.56 Å². The quantitative estimate of drug-likeness (QED) is 0.872. The number of methoxy groups -OCH3 is 1. The van der Waals surface area contributed by atoms with Gasteiger partial charge in [0, 0.05) is 13.7 Å². The van der Waals surface area contributed by atoms with Crippen molar-refractivity contribution in [3.63, 3.8) is 0 Å². The van der Waals surface area contributed by atoms with E-state index in [1.165, 1.54) is 26.2 Å². The number of nitrogens with zero attached hydrogens (tertiary/aromatic N) is 1. The number of alkyl halides is 3. The number of amides is 1. The molecule has 0 aliphatic carbocycles. The van der Waals surface area contributed by atoms with E-state index in [4.69, 9.17) is 9.84 Å². The van der Waals surface area contributed by atoms with E-state index < -0.39 is 36.3 Å². The minimum atomic E-state index is -4.44. The SMILES string of the molecule is COC(C)C(=O)N(CC(=O)O)Cc1ccc(C(F)(F)F)cc1. The van der Waals surface area contributed by atoms with Gasteiger partial charge in [0.2, 0.25) is 0 Å². The number of halogens is 3. The van der Waals surface area contributed by atoms with Gasteiger partial charge in [0.25, 0.3) is 5.91 Å². The van der Waals surface area contributed by atoms with Gasteiger partial charge in [-0.05, 0) is 24.6 Å². The van der Waals surface area contributed by atoms with E-state index in [1.807, 2.05) is 0 Å². The van der Waals surface area contributed by atoms with E-state index in [0.717, 1.165) is 17.0 Å². The Bertz CT molecular complexity index is 528. The first kappa shape index (κ1) is 18.0. The third kappa shape index (κ3) is 5.03. The summed E-state index contributed by atoms with van der Waals surface area (Å²) in [6, 6.07) is 4.20. The van der Waals surface area contributed by atoms with Crippen LogP contribution in [-0.4, -0.2) is 41.6 Å². The number of carboxylic acid groups (broad SMARTS) is 1. The molecule has 0 spiro atoms. The molecule has 0 bridgehead atoms. The normalized spacial score (nSPS) is 12.8. The van der Waals surface area contributed by atoms with Crippen LogP contribution in [0.5, 0.6) is 0 Å². The molecule has 8 heteroatoms. The Labute approximate surface area is 125 Å². The lowest BCUT2D eigenvalue weighted by Crippen LogP contribution is -2.41. The van der Waals surface area contributed by atoms with Crippen molar-refractivity contribution in [1.82, 2.24) is 4.90 Å². The highest BCUT2D eigenvalue weighted by Gasteiger charge is 2.30. The summed E-state index contributed by atoms with van der Waals surface area (Å²) in [7, 11) is 1.31. The molecule has 1 unspecified atom stereocenters. The van der Waals surface area contributed by atoms with Crippen LogP contribution in [0.1, 0.15) is 18.1 Å². The minimum absolute atomic E-state index is 0.114. The number of rotatable bonds is 6. The van der Waals surface area contributed by atoms with Crippen molar-refractivity contribution >= 4 is 11.9 Å². The zero-order chi connectivity index (χ0) is 16.9. The summed E-state index contributed by atoms with van der Waals surface area (Å²) in [5, 5.41) is 8.83. The number of hydrogen-bond donors (Lipinski definition) is 1. The van der Waals surface area contributed by atoms with Crippen LogP contribution in [0.2, 0.25) is 0 Å². The first-order valence-electron chi connectivity index (χ1n) is 6.34. The van der Waals surface area contributed by atoms with Gasteiger partial charge in [-0.1, -0.05) is 12.1 Å². The second-order valence-electron chi connectivity index (χ2n) is 4.66. The van der Waals surface area contributed by atoms with Crippen LogP contribution in [0.4, 0.5) is 13.2 Å². The van der Waals surface area contributed by atoms with Crippen LogP contribution < -0.4 is 0 Å². The van der Waals surface area contributed by atoms with Crippen molar-refractivity contribution < 1.29 is 32.6 Å². The first-order chi connectivity index (χ1) is 10.1. The van der Waals surface area contributed by atoms with Crippen LogP contribution >= 0.6 is 0 Å². The molecule has 0 saturated heterocycles. The minimum Gasteiger partial charge on any atom is -0.480 e. The molecule has 1 aromatic rings. The zero-order valence-corrected chi connectivity index (χ0v) is 12.1. The standard InChI is InChI=1S/C14H16F3NO4/c1-9(22-2)13(21)18(8-12(19)20)7-10-3-5-11(6-4-10)14(15,16)17/h3-6,9H,7-8H2,1-2H3,(H,19,20). The molecule has 0 heterocycles. The number of hydrogen-bond acceptors (Lipinski definition) is 3. The van der Waals surface area contributed by atoms with Crippen molar-refractivity contribution in [2.75, 3.05) is 13.7 Å². The van der Waals surface area contributed by atoms with Gasteiger partial charge in [0.1, 0.15) is 12.6 Å². The highest BCUT2D eigenvalue weighted by Crippen LogP contribution is 2.29. The lowest BCUT2D eigenvalue weighted by atomic mass is 10.1. The van der Waals surface area contributed by atoms with Gasteiger partial charge >= 0.3 is 12.1 Å².